The third kappa shape index (κ3) is 3.23. The van der Waals surface area contributed by atoms with Crippen LogP contribution in [-0.2, 0) is 9.53 Å². The topological polar surface area (TPSA) is 32.8 Å². The molecular formula is C14H26N2O2. The minimum Gasteiger partial charge on any atom is -0.383 e. The number of likely N-dealkylation sites (tertiary alicyclic amines) is 1. The Hall–Kier alpha value is -0.610. The van der Waals surface area contributed by atoms with Gasteiger partial charge in [0.05, 0.1) is 13.2 Å². The van der Waals surface area contributed by atoms with Gasteiger partial charge in [0, 0.05) is 26.7 Å². The minimum atomic E-state index is 0.289. The van der Waals surface area contributed by atoms with Gasteiger partial charge in [-0.15, -0.1) is 0 Å². The highest BCUT2D eigenvalue weighted by molar-refractivity contribution is 5.78. The third-order valence-electron chi connectivity index (χ3n) is 4.54. The summed E-state index contributed by atoms with van der Waals surface area (Å²) in [4.78, 5) is 16.3. The summed E-state index contributed by atoms with van der Waals surface area (Å²) in [6, 6.07) is 0. The standard InChI is InChI=1S/C14H26N2O2/c1-15(9-10-18-2)11-13(17)16-8-7-14(12-16)5-3-4-6-14/h3-12H2,1-2H3. The molecule has 0 N–H and O–H groups in total. The van der Waals surface area contributed by atoms with Gasteiger partial charge < -0.3 is 9.64 Å². The molecule has 0 atom stereocenters. The second-order valence-electron chi connectivity index (χ2n) is 6.00. The van der Waals surface area contributed by atoms with Gasteiger partial charge in [0.1, 0.15) is 0 Å². The summed E-state index contributed by atoms with van der Waals surface area (Å²) in [5.74, 6) is 0.289. The first kappa shape index (κ1) is 13.8. The maximum Gasteiger partial charge on any atom is 0.236 e. The van der Waals surface area contributed by atoms with Gasteiger partial charge in [-0.1, -0.05) is 12.8 Å². The molecule has 1 amide bonds. The molecule has 18 heavy (non-hydrogen) atoms. The van der Waals surface area contributed by atoms with E-state index >= 15 is 0 Å². The Morgan fingerprint density at radius 2 is 2.06 bits per heavy atom. The molecule has 4 nitrogen and oxygen atoms in total. The normalized spacial score (nSPS) is 22.3. The van der Waals surface area contributed by atoms with Crippen molar-refractivity contribution in [2.75, 3.05) is 46.9 Å². The van der Waals surface area contributed by atoms with Crippen LogP contribution in [0.5, 0.6) is 0 Å². The van der Waals surface area contributed by atoms with Crippen LogP contribution in [0.1, 0.15) is 32.1 Å². The smallest absolute Gasteiger partial charge is 0.236 e. The van der Waals surface area contributed by atoms with Crippen LogP contribution in [-0.4, -0.2) is 62.7 Å². The van der Waals surface area contributed by atoms with Gasteiger partial charge in [0.2, 0.25) is 5.91 Å². The molecular weight excluding hydrogens is 228 g/mol. The van der Waals surface area contributed by atoms with Crippen molar-refractivity contribution in [2.45, 2.75) is 32.1 Å². The molecule has 1 aliphatic carbocycles. The van der Waals surface area contributed by atoms with Crippen LogP contribution < -0.4 is 0 Å². The summed E-state index contributed by atoms with van der Waals surface area (Å²) < 4.78 is 5.03. The summed E-state index contributed by atoms with van der Waals surface area (Å²) in [5.41, 5.74) is 0.487. The van der Waals surface area contributed by atoms with E-state index in [1.54, 1.807) is 7.11 Å². The van der Waals surface area contributed by atoms with Crippen LogP contribution in [0.15, 0.2) is 0 Å². The van der Waals surface area contributed by atoms with Crippen molar-refractivity contribution in [3.63, 3.8) is 0 Å². The molecule has 0 radical (unpaired) electrons. The molecule has 1 spiro atoms. The number of likely N-dealkylation sites (N-methyl/N-ethyl adjacent to an activating group) is 1. The average molecular weight is 254 g/mol. The highest BCUT2D eigenvalue weighted by Gasteiger charge is 2.41. The summed E-state index contributed by atoms with van der Waals surface area (Å²) in [6.07, 6.45) is 6.60. The predicted molar refractivity (Wildman–Crippen MR) is 71.5 cm³/mol. The molecule has 0 bridgehead atoms. The fraction of sp³-hybridized carbons (Fsp3) is 0.929. The molecule has 1 saturated carbocycles. The summed E-state index contributed by atoms with van der Waals surface area (Å²) >= 11 is 0. The van der Waals surface area contributed by atoms with Crippen molar-refractivity contribution in [1.29, 1.82) is 0 Å². The van der Waals surface area contributed by atoms with Gasteiger partial charge in [0.15, 0.2) is 0 Å². The lowest BCUT2D eigenvalue weighted by atomic mass is 9.86. The van der Waals surface area contributed by atoms with Gasteiger partial charge >= 0.3 is 0 Å². The van der Waals surface area contributed by atoms with Crippen molar-refractivity contribution in [1.82, 2.24) is 9.80 Å². The van der Waals surface area contributed by atoms with Crippen LogP contribution in [0.3, 0.4) is 0 Å². The second-order valence-corrected chi connectivity index (χ2v) is 6.00. The lowest BCUT2D eigenvalue weighted by Crippen LogP contribution is -2.39. The molecule has 2 aliphatic rings. The van der Waals surface area contributed by atoms with E-state index in [2.05, 4.69) is 4.90 Å². The Balaban J connectivity index is 1.76. The van der Waals surface area contributed by atoms with E-state index in [1.165, 1.54) is 32.1 Å². The van der Waals surface area contributed by atoms with Crippen molar-refractivity contribution in [2.24, 2.45) is 5.41 Å². The molecule has 1 saturated heterocycles. The molecule has 1 aliphatic heterocycles. The van der Waals surface area contributed by atoms with E-state index < -0.39 is 0 Å². The zero-order valence-corrected chi connectivity index (χ0v) is 11.8. The number of amides is 1. The van der Waals surface area contributed by atoms with Crippen molar-refractivity contribution in [3.05, 3.63) is 0 Å². The van der Waals surface area contributed by atoms with Crippen LogP contribution in [0.2, 0.25) is 0 Å². The number of hydrogen-bond donors (Lipinski definition) is 0. The first-order chi connectivity index (χ1) is 8.65. The third-order valence-corrected chi connectivity index (χ3v) is 4.54. The molecule has 0 aromatic heterocycles. The Morgan fingerprint density at radius 3 is 2.72 bits per heavy atom. The van der Waals surface area contributed by atoms with Gasteiger partial charge in [-0.3, -0.25) is 9.69 Å². The Bertz CT molecular complexity index is 288. The number of nitrogens with zero attached hydrogens (tertiary/aromatic N) is 2. The second kappa shape index (κ2) is 6.02. The monoisotopic (exact) mass is 254 g/mol. The molecule has 104 valence electrons. The molecule has 0 unspecified atom stereocenters. The minimum absolute atomic E-state index is 0.289. The maximum absolute atomic E-state index is 12.2. The van der Waals surface area contributed by atoms with E-state index in [0.717, 1.165) is 19.6 Å². The van der Waals surface area contributed by atoms with E-state index in [0.29, 0.717) is 18.6 Å². The van der Waals surface area contributed by atoms with Crippen LogP contribution in [0, 0.1) is 5.41 Å². The number of rotatable bonds is 5. The first-order valence-corrected chi connectivity index (χ1v) is 7.10. The molecule has 1 heterocycles. The first-order valence-electron chi connectivity index (χ1n) is 7.10. The van der Waals surface area contributed by atoms with E-state index in [9.17, 15) is 4.79 Å². The summed E-state index contributed by atoms with van der Waals surface area (Å²) in [7, 11) is 3.68. The van der Waals surface area contributed by atoms with Crippen molar-refractivity contribution in [3.8, 4) is 0 Å². The number of methoxy groups -OCH3 is 1. The quantitative estimate of drug-likeness (QED) is 0.742. The van der Waals surface area contributed by atoms with Gasteiger partial charge in [-0.05, 0) is 31.7 Å². The van der Waals surface area contributed by atoms with E-state index in [1.807, 2.05) is 11.9 Å². The lowest BCUT2D eigenvalue weighted by molar-refractivity contribution is -0.131. The number of carbonyl (C=O) groups is 1. The van der Waals surface area contributed by atoms with E-state index in [4.69, 9.17) is 4.74 Å². The molecule has 0 aromatic carbocycles. The van der Waals surface area contributed by atoms with Crippen molar-refractivity contribution < 1.29 is 9.53 Å². The largest absolute Gasteiger partial charge is 0.383 e. The zero-order chi connectivity index (χ0) is 13.0. The van der Waals surface area contributed by atoms with E-state index in [-0.39, 0.29) is 5.91 Å². The SMILES string of the molecule is COCCN(C)CC(=O)N1CCC2(CCCC2)C1. The predicted octanol–water partition coefficient (Wildman–Crippen LogP) is 1.36. The molecule has 0 aromatic rings. The number of carbonyl (C=O) groups excluding carboxylic acids is 1. The van der Waals surface area contributed by atoms with Crippen molar-refractivity contribution >= 4 is 5.91 Å². The van der Waals surface area contributed by atoms with Crippen LogP contribution in [0.4, 0.5) is 0 Å². The molecule has 2 fully saturated rings. The Kier molecular flexibility index (Phi) is 4.62. The zero-order valence-electron chi connectivity index (χ0n) is 11.8. The van der Waals surface area contributed by atoms with Crippen LogP contribution in [0.25, 0.3) is 0 Å². The fourth-order valence-electron chi connectivity index (χ4n) is 3.34. The average Bonchev–Trinajstić information content (AvgIpc) is 2.98. The summed E-state index contributed by atoms with van der Waals surface area (Å²) in [6.45, 7) is 4.01. The van der Waals surface area contributed by atoms with Crippen LogP contribution >= 0.6 is 0 Å². The maximum atomic E-state index is 12.2. The highest BCUT2D eigenvalue weighted by Crippen LogP contribution is 2.45. The van der Waals surface area contributed by atoms with Gasteiger partial charge in [0.25, 0.3) is 0 Å². The molecule has 4 heteroatoms. The lowest BCUT2D eigenvalue weighted by Gasteiger charge is -2.25. The number of ether oxygens (including phenoxy) is 1. The Morgan fingerprint density at radius 1 is 1.33 bits per heavy atom. The summed E-state index contributed by atoms with van der Waals surface area (Å²) in [5, 5.41) is 0. The Labute approximate surface area is 110 Å². The number of hydrogen-bond acceptors (Lipinski definition) is 3. The highest BCUT2D eigenvalue weighted by atomic mass is 16.5. The van der Waals surface area contributed by atoms with Gasteiger partial charge in [-0.25, -0.2) is 0 Å². The molecule has 2 rings (SSSR count). The fourth-order valence-corrected chi connectivity index (χ4v) is 3.34. The van der Waals surface area contributed by atoms with Gasteiger partial charge in [-0.2, -0.15) is 0 Å².